The number of phenols is 2. The van der Waals surface area contributed by atoms with E-state index in [-0.39, 0.29) is 29.4 Å². The summed E-state index contributed by atoms with van der Waals surface area (Å²) in [6, 6.07) is 5.61. The monoisotopic (exact) mass is 410 g/mol. The van der Waals surface area contributed by atoms with E-state index in [4.69, 9.17) is 4.74 Å². The van der Waals surface area contributed by atoms with Crippen LogP contribution >= 0.6 is 0 Å². The Hall–Kier alpha value is -3.21. The zero-order valence-electron chi connectivity index (χ0n) is 17.7. The normalized spacial score (nSPS) is 12.8. The van der Waals surface area contributed by atoms with Gasteiger partial charge in [0.15, 0.2) is 5.76 Å². The highest BCUT2D eigenvalue weighted by atomic mass is 19.1. The van der Waals surface area contributed by atoms with Crippen LogP contribution in [0.3, 0.4) is 0 Å². The molecule has 0 aromatic heterocycles. The summed E-state index contributed by atoms with van der Waals surface area (Å²) in [5.41, 5.74) is 4.05. The SMILES string of the molecule is CC(C)=CCc1c(O)c(CC=C(C)C)c2c(c1O)CC(O)=C(c1ccc(F)cc1)O2. The standard InChI is InChI=1S/C25H27FO4/c1-14(2)5-11-18-22(28)19(12-6-15(3)4)25-20(23(18)29)13-21(27)24(30-25)16-7-9-17(26)10-8-16/h5-10,27-29H,11-13H2,1-4H3. The van der Waals surface area contributed by atoms with Crippen LogP contribution < -0.4 is 4.74 Å². The maximum atomic E-state index is 13.3. The summed E-state index contributed by atoms with van der Waals surface area (Å²) in [6.45, 7) is 7.82. The lowest BCUT2D eigenvalue weighted by Crippen LogP contribution is -2.13. The van der Waals surface area contributed by atoms with Gasteiger partial charge in [-0.15, -0.1) is 0 Å². The molecular weight excluding hydrogens is 383 g/mol. The van der Waals surface area contributed by atoms with Crippen molar-refractivity contribution in [1.29, 1.82) is 0 Å². The lowest BCUT2D eigenvalue weighted by Gasteiger charge is -2.26. The predicted molar refractivity (Wildman–Crippen MR) is 116 cm³/mol. The number of fused-ring (bicyclic) bond motifs is 1. The molecule has 0 spiro atoms. The van der Waals surface area contributed by atoms with E-state index in [1.165, 1.54) is 24.3 Å². The van der Waals surface area contributed by atoms with Gasteiger partial charge in [0, 0.05) is 28.7 Å². The van der Waals surface area contributed by atoms with Crippen LogP contribution in [0.5, 0.6) is 17.2 Å². The van der Waals surface area contributed by atoms with Crippen LogP contribution in [0.25, 0.3) is 5.76 Å². The fourth-order valence-corrected chi connectivity index (χ4v) is 3.39. The summed E-state index contributed by atoms with van der Waals surface area (Å²) in [5.74, 6) is -0.0148. The number of benzene rings is 2. The topological polar surface area (TPSA) is 69.9 Å². The number of aliphatic hydroxyl groups is 1. The van der Waals surface area contributed by atoms with Crippen molar-refractivity contribution in [1.82, 2.24) is 0 Å². The number of rotatable bonds is 5. The molecule has 5 heteroatoms. The molecule has 4 nitrogen and oxygen atoms in total. The summed E-state index contributed by atoms with van der Waals surface area (Å²) in [6.07, 6.45) is 4.73. The minimum Gasteiger partial charge on any atom is -0.508 e. The van der Waals surface area contributed by atoms with Crippen LogP contribution in [0, 0.1) is 5.82 Å². The van der Waals surface area contributed by atoms with Crippen LogP contribution in [-0.4, -0.2) is 15.3 Å². The molecule has 0 aliphatic carbocycles. The quantitative estimate of drug-likeness (QED) is 0.520. The molecule has 0 saturated heterocycles. The first-order chi connectivity index (χ1) is 14.2. The molecule has 1 aliphatic heterocycles. The molecule has 30 heavy (non-hydrogen) atoms. The Kier molecular flexibility index (Phi) is 6.20. The van der Waals surface area contributed by atoms with Gasteiger partial charge in [-0.05, 0) is 64.8 Å². The number of halogens is 1. The Labute approximate surface area is 176 Å². The highest BCUT2D eigenvalue weighted by Gasteiger charge is 2.30. The van der Waals surface area contributed by atoms with Crippen LogP contribution in [0.1, 0.15) is 49.9 Å². The number of aromatic hydroxyl groups is 2. The smallest absolute Gasteiger partial charge is 0.172 e. The molecule has 3 rings (SSSR count). The van der Waals surface area contributed by atoms with Gasteiger partial charge in [0.05, 0.1) is 0 Å². The van der Waals surface area contributed by atoms with E-state index >= 15 is 0 Å². The molecule has 1 heterocycles. The zero-order valence-corrected chi connectivity index (χ0v) is 17.7. The molecule has 0 fully saturated rings. The highest BCUT2D eigenvalue weighted by Crippen LogP contribution is 2.48. The predicted octanol–water partition coefficient (Wildman–Crippen LogP) is 6.12. The first kappa shape index (κ1) is 21.5. The Morgan fingerprint density at radius 3 is 2.03 bits per heavy atom. The van der Waals surface area contributed by atoms with E-state index in [0.29, 0.717) is 40.8 Å². The molecular formula is C25H27FO4. The van der Waals surface area contributed by atoms with Gasteiger partial charge in [-0.2, -0.15) is 0 Å². The van der Waals surface area contributed by atoms with Gasteiger partial charge in [0.1, 0.15) is 28.8 Å². The molecule has 1 aliphatic rings. The van der Waals surface area contributed by atoms with Gasteiger partial charge < -0.3 is 20.1 Å². The molecule has 0 radical (unpaired) electrons. The van der Waals surface area contributed by atoms with Crippen molar-refractivity contribution in [2.24, 2.45) is 0 Å². The average Bonchev–Trinajstić information content (AvgIpc) is 2.68. The summed E-state index contributed by atoms with van der Waals surface area (Å²) >= 11 is 0. The molecule has 2 aromatic carbocycles. The zero-order chi connectivity index (χ0) is 22.0. The van der Waals surface area contributed by atoms with Crippen molar-refractivity contribution >= 4 is 5.76 Å². The summed E-state index contributed by atoms with van der Waals surface area (Å²) in [5, 5.41) is 32.5. The third-order valence-corrected chi connectivity index (χ3v) is 5.04. The molecule has 158 valence electrons. The maximum absolute atomic E-state index is 13.3. The highest BCUT2D eigenvalue weighted by molar-refractivity contribution is 5.73. The van der Waals surface area contributed by atoms with E-state index in [0.717, 1.165) is 11.1 Å². The molecule has 2 aromatic rings. The van der Waals surface area contributed by atoms with Crippen molar-refractivity contribution in [3.63, 3.8) is 0 Å². The van der Waals surface area contributed by atoms with Gasteiger partial charge in [0.2, 0.25) is 0 Å². The second-order valence-electron chi connectivity index (χ2n) is 7.99. The third-order valence-electron chi connectivity index (χ3n) is 5.04. The van der Waals surface area contributed by atoms with E-state index in [2.05, 4.69) is 0 Å². The molecule has 0 unspecified atom stereocenters. The van der Waals surface area contributed by atoms with Crippen molar-refractivity contribution in [2.75, 3.05) is 0 Å². The van der Waals surface area contributed by atoms with Gasteiger partial charge in [-0.25, -0.2) is 4.39 Å². The second kappa shape index (κ2) is 8.66. The lowest BCUT2D eigenvalue weighted by atomic mass is 9.92. The third kappa shape index (κ3) is 4.35. The largest absolute Gasteiger partial charge is 0.508 e. The molecule has 0 bridgehead atoms. The Bertz CT molecular complexity index is 1050. The van der Waals surface area contributed by atoms with E-state index in [1.807, 2.05) is 39.8 Å². The molecule has 0 amide bonds. The Balaban J connectivity index is 2.16. The number of hydrogen-bond acceptors (Lipinski definition) is 4. The Morgan fingerprint density at radius 1 is 0.900 bits per heavy atom. The Morgan fingerprint density at radius 2 is 1.47 bits per heavy atom. The lowest BCUT2D eigenvalue weighted by molar-refractivity contribution is 0.346. The molecule has 0 saturated carbocycles. The fourth-order valence-electron chi connectivity index (χ4n) is 3.39. The van der Waals surface area contributed by atoms with E-state index in [1.54, 1.807) is 0 Å². The van der Waals surface area contributed by atoms with Gasteiger partial charge in [0.25, 0.3) is 0 Å². The minimum absolute atomic E-state index is 0.0129. The van der Waals surface area contributed by atoms with Gasteiger partial charge in [-0.3, -0.25) is 0 Å². The maximum Gasteiger partial charge on any atom is 0.172 e. The van der Waals surface area contributed by atoms with E-state index < -0.39 is 5.82 Å². The van der Waals surface area contributed by atoms with Gasteiger partial charge >= 0.3 is 0 Å². The number of aliphatic hydroxyl groups excluding tert-OH is 1. The number of ether oxygens (including phenoxy) is 1. The number of hydrogen-bond donors (Lipinski definition) is 3. The van der Waals surface area contributed by atoms with Crippen molar-refractivity contribution < 1.29 is 24.4 Å². The fraction of sp³-hybridized carbons (Fsp3) is 0.280. The van der Waals surface area contributed by atoms with Crippen LogP contribution in [-0.2, 0) is 19.3 Å². The van der Waals surface area contributed by atoms with Crippen molar-refractivity contribution in [2.45, 2.75) is 47.0 Å². The average molecular weight is 410 g/mol. The number of phenolic OH excluding ortho intramolecular Hbond substituents is 2. The second-order valence-corrected chi connectivity index (χ2v) is 7.99. The molecule has 0 atom stereocenters. The van der Waals surface area contributed by atoms with E-state index in [9.17, 15) is 19.7 Å². The first-order valence-electron chi connectivity index (χ1n) is 9.90. The van der Waals surface area contributed by atoms with Crippen LogP contribution in [0.2, 0.25) is 0 Å². The van der Waals surface area contributed by atoms with Crippen molar-refractivity contribution in [3.8, 4) is 17.2 Å². The van der Waals surface area contributed by atoms with Gasteiger partial charge in [-0.1, -0.05) is 23.3 Å². The van der Waals surface area contributed by atoms with Crippen LogP contribution in [0.4, 0.5) is 4.39 Å². The summed E-state index contributed by atoms with van der Waals surface area (Å²) < 4.78 is 19.3. The molecule has 3 N–H and O–H groups in total. The minimum atomic E-state index is -0.390. The number of allylic oxidation sites excluding steroid dienone is 5. The first-order valence-corrected chi connectivity index (χ1v) is 9.90. The summed E-state index contributed by atoms with van der Waals surface area (Å²) in [4.78, 5) is 0. The summed E-state index contributed by atoms with van der Waals surface area (Å²) in [7, 11) is 0. The van der Waals surface area contributed by atoms with Crippen molar-refractivity contribution in [3.05, 3.63) is 81.4 Å². The van der Waals surface area contributed by atoms with Crippen LogP contribution in [0.15, 0.2) is 53.3 Å².